The van der Waals surface area contributed by atoms with Gasteiger partial charge in [0.1, 0.15) is 5.75 Å². The molecule has 0 bridgehead atoms. The van der Waals surface area contributed by atoms with Crippen molar-refractivity contribution in [3.05, 3.63) is 44.0 Å². The van der Waals surface area contributed by atoms with Gasteiger partial charge in [-0.3, -0.25) is 0 Å². The Morgan fingerprint density at radius 2 is 2.15 bits per heavy atom. The summed E-state index contributed by atoms with van der Waals surface area (Å²) in [5.41, 5.74) is 0.933. The summed E-state index contributed by atoms with van der Waals surface area (Å²) in [4.78, 5) is 1.26. The fourth-order valence-corrected chi connectivity index (χ4v) is 3.42. The molecule has 1 aromatic heterocycles. The fourth-order valence-electron chi connectivity index (χ4n) is 1.82. The number of hydrogen-bond acceptors (Lipinski definition) is 3. The maximum Gasteiger partial charge on any atom is 0.142 e. The zero-order valence-electron chi connectivity index (χ0n) is 11.5. The minimum Gasteiger partial charge on any atom is -0.491 e. The van der Waals surface area contributed by atoms with Crippen LogP contribution in [0.25, 0.3) is 0 Å². The van der Waals surface area contributed by atoms with Crippen LogP contribution in [0.1, 0.15) is 31.2 Å². The van der Waals surface area contributed by atoms with Crippen molar-refractivity contribution < 1.29 is 4.74 Å². The van der Waals surface area contributed by atoms with E-state index in [0.717, 1.165) is 21.6 Å². The highest BCUT2D eigenvalue weighted by Crippen LogP contribution is 2.34. The number of thiophene rings is 1. The van der Waals surface area contributed by atoms with Gasteiger partial charge in [-0.2, -0.15) is 0 Å². The predicted octanol–water partition coefficient (Wildman–Crippen LogP) is 6.13. The van der Waals surface area contributed by atoms with E-state index in [9.17, 15) is 0 Å². The van der Waals surface area contributed by atoms with Crippen molar-refractivity contribution in [1.82, 2.24) is 0 Å². The molecule has 1 heterocycles. The number of nitrogens with one attached hydrogen (secondary N) is 1. The molecule has 0 radical (unpaired) electrons. The highest BCUT2D eigenvalue weighted by molar-refractivity contribution is 9.11. The molecule has 1 aromatic carbocycles. The minimum absolute atomic E-state index is 0.203. The lowest BCUT2D eigenvalue weighted by Gasteiger charge is -2.17. The first-order chi connectivity index (χ1) is 9.60. The first-order valence-electron chi connectivity index (χ1n) is 6.54. The molecular weight excluding hydrogens is 358 g/mol. The van der Waals surface area contributed by atoms with E-state index in [2.05, 4.69) is 47.2 Å². The first-order valence-corrected chi connectivity index (χ1v) is 8.53. The third kappa shape index (κ3) is 4.14. The van der Waals surface area contributed by atoms with Crippen LogP contribution in [-0.4, -0.2) is 6.61 Å². The maximum atomic E-state index is 6.08. The summed E-state index contributed by atoms with van der Waals surface area (Å²) >= 11 is 11.3. The van der Waals surface area contributed by atoms with E-state index >= 15 is 0 Å². The lowest BCUT2D eigenvalue weighted by Crippen LogP contribution is -2.07. The molecule has 2 nitrogen and oxygen atoms in total. The smallest absolute Gasteiger partial charge is 0.142 e. The molecule has 0 aliphatic rings. The molecule has 0 saturated carbocycles. The van der Waals surface area contributed by atoms with Gasteiger partial charge in [-0.25, -0.2) is 0 Å². The van der Waals surface area contributed by atoms with E-state index in [1.807, 2.05) is 18.2 Å². The van der Waals surface area contributed by atoms with E-state index in [0.29, 0.717) is 11.6 Å². The second-order valence-electron chi connectivity index (χ2n) is 4.50. The Hall–Kier alpha value is -0.710. The van der Waals surface area contributed by atoms with E-state index < -0.39 is 0 Å². The van der Waals surface area contributed by atoms with Crippen molar-refractivity contribution in [2.24, 2.45) is 0 Å². The number of halogens is 2. The summed E-state index contributed by atoms with van der Waals surface area (Å²) in [5, 5.41) is 4.17. The quantitative estimate of drug-likeness (QED) is 0.657. The van der Waals surface area contributed by atoms with Gasteiger partial charge in [0.05, 0.1) is 22.1 Å². The first kappa shape index (κ1) is 15.7. The molecular formula is C15H17BrClNOS. The minimum atomic E-state index is 0.203. The van der Waals surface area contributed by atoms with Gasteiger partial charge in [-0.05, 0) is 59.6 Å². The van der Waals surface area contributed by atoms with Crippen LogP contribution in [0, 0.1) is 0 Å². The summed E-state index contributed by atoms with van der Waals surface area (Å²) in [6.45, 7) is 4.92. The summed E-state index contributed by atoms with van der Waals surface area (Å²) in [6.07, 6.45) is 0.982. The van der Waals surface area contributed by atoms with Gasteiger partial charge in [0.2, 0.25) is 0 Å². The van der Waals surface area contributed by atoms with Gasteiger partial charge in [0.15, 0.2) is 0 Å². The van der Waals surface area contributed by atoms with E-state index in [1.165, 1.54) is 4.88 Å². The predicted molar refractivity (Wildman–Crippen MR) is 91.3 cm³/mol. The van der Waals surface area contributed by atoms with Crippen LogP contribution in [0.15, 0.2) is 34.1 Å². The monoisotopic (exact) mass is 373 g/mol. The lowest BCUT2D eigenvalue weighted by atomic mass is 10.2. The number of anilines is 1. The Bertz CT molecular complexity index is 573. The average Bonchev–Trinajstić information content (AvgIpc) is 2.85. The maximum absolute atomic E-state index is 6.08. The third-order valence-electron chi connectivity index (χ3n) is 2.80. The number of rotatable bonds is 6. The lowest BCUT2D eigenvalue weighted by molar-refractivity contribution is 0.318. The van der Waals surface area contributed by atoms with E-state index in [4.69, 9.17) is 16.3 Å². The van der Waals surface area contributed by atoms with E-state index in [1.54, 1.807) is 11.3 Å². The van der Waals surface area contributed by atoms with Crippen molar-refractivity contribution in [1.29, 1.82) is 0 Å². The summed E-state index contributed by atoms with van der Waals surface area (Å²) < 4.78 is 6.89. The zero-order valence-corrected chi connectivity index (χ0v) is 14.6. The SMILES string of the molecule is CCCOc1ccc(Cl)cc1NC(C)c1ccc(Br)s1. The van der Waals surface area contributed by atoms with Crippen molar-refractivity contribution in [2.45, 2.75) is 26.3 Å². The third-order valence-corrected chi connectivity index (χ3v) is 4.84. The van der Waals surface area contributed by atoms with Crippen molar-refractivity contribution in [3.63, 3.8) is 0 Å². The highest BCUT2D eigenvalue weighted by atomic mass is 79.9. The van der Waals surface area contributed by atoms with Crippen LogP contribution in [0.2, 0.25) is 5.02 Å². The van der Waals surface area contributed by atoms with Crippen LogP contribution in [0.5, 0.6) is 5.75 Å². The molecule has 2 rings (SSSR count). The second-order valence-corrected chi connectivity index (χ2v) is 7.43. The molecule has 0 fully saturated rings. The van der Waals surface area contributed by atoms with Crippen molar-refractivity contribution >= 4 is 44.6 Å². The molecule has 108 valence electrons. The molecule has 0 aliphatic carbocycles. The van der Waals surface area contributed by atoms with Crippen molar-refractivity contribution in [3.8, 4) is 5.75 Å². The fraction of sp³-hybridized carbons (Fsp3) is 0.333. The molecule has 1 N–H and O–H groups in total. The second kappa shape index (κ2) is 7.34. The van der Waals surface area contributed by atoms with Gasteiger partial charge >= 0.3 is 0 Å². The van der Waals surface area contributed by atoms with Gasteiger partial charge in [-0.1, -0.05) is 18.5 Å². The Morgan fingerprint density at radius 1 is 1.35 bits per heavy atom. The van der Waals surface area contributed by atoms with E-state index in [-0.39, 0.29) is 6.04 Å². The molecule has 0 amide bonds. The molecule has 1 atom stereocenters. The molecule has 5 heteroatoms. The standard InChI is InChI=1S/C15H17BrClNOS/c1-3-8-19-13-5-4-11(17)9-12(13)18-10(2)14-6-7-15(16)20-14/h4-7,9-10,18H,3,8H2,1-2H3. The Morgan fingerprint density at radius 3 is 2.80 bits per heavy atom. The summed E-state index contributed by atoms with van der Waals surface area (Å²) in [5.74, 6) is 0.846. The Balaban J connectivity index is 2.16. The van der Waals surface area contributed by atoms with Crippen molar-refractivity contribution in [2.75, 3.05) is 11.9 Å². The number of ether oxygens (including phenoxy) is 1. The topological polar surface area (TPSA) is 21.3 Å². The van der Waals surface area contributed by atoms with Gasteiger partial charge in [-0.15, -0.1) is 11.3 Å². The summed E-state index contributed by atoms with van der Waals surface area (Å²) in [7, 11) is 0. The molecule has 0 spiro atoms. The Kier molecular flexibility index (Phi) is 5.75. The largest absolute Gasteiger partial charge is 0.491 e. The summed E-state index contributed by atoms with van der Waals surface area (Å²) in [6, 6.07) is 10.1. The van der Waals surface area contributed by atoms with Crippen LogP contribution in [0.3, 0.4) is 0 Å². The number of hydrogen-bond donors (Lipinski definition) is 1. The molecule has 1 unspecified atom stereocenters. The van der Waals surface area contributed by atoms with Crippen LogP contribution in [0.4, 0.5) is 5.69 Å². The van der Waals surface area contributed by atoms with Gasteiger partial charge in [0.25, 0.3) is 0 Å². The van der Waals surface area contributed by atoms with Crippen LogP contribution >= 0.6 is 38.9 Å². The molecule has 0 aliphatic heterocycles. The molecule has 0 saturated heterocycles. The Labute approximate surface area is 137 Å². The zero-order chi connectivity index (χ0) is 14.5. The van der Waals surface area contributed by atoms with Gasteiger partial charge < -0.3 is 10.1 Å². The molecule has 20 heavy (non-hydrogen) atoms. The number of benzene rings is 1. The van der Waals surface area contributed by atoms with Gasteiger partial charge in [0, 0.05) is 9.90 Å². The highest BCUT2D eigenvalue weighted by Gasteiger charge is 2.11. The van der Waals surface area contributed by atoms with Crippen LogP contribution in [-0.2, 0) is 0 Å². The normalized spacial score (nSPS) is 12.2. The average molecular weight is 375 g/mol. The molecule has 2 aromatic rings. The van der Waals surface area contributed by atoms with Crippen LogP contribution < -0.4 is 10.1 Å².